The molecule has 11 heavy (non-hydrogen) atoms. The molecule has 0 aliphatic carbocycles. The fourth-order valence-corrected chi connectivity index (χ4v) is 0.805. The van der Waals surface area contributed by atoms with E-state index in [4.69, 9.17) is 11.6 Å². The Labute approximate surface area is 88.7 Å². The van der Waals surface area contributed by atoms with Gasteiger partial charge in [-0.05, 0) is 6.07 Å². The fourth-order valence-electron chi connectivity index (χ4n) is 0.600. The van der Waals surface area contributed by atoms with E-state index in [0.29, 0.717) is 0 Å². The van der Waals surface area contributed by atoms with Crippen LogP contribution in [-0.2, 0) is 0 Å². The first-order chi connectivity index (χ1) is 4.72. The van der Waals surface area contributed by atoms with Gasteiger partial charge in [-0.15, -0.1) is 0 Å². The second kappa shape index (κ2) is 4.66. The Bertz CT molecular complexity index is 267. The zero-order valence-corrected chi connectivity index (χ0v) is 11.9. The van der Waals surface area contributed by atoms with Crippen LogP contribution in [0.25, 0.3) is 0 Å². The first kappa shape index (κ1) is 10.8. The number of para-hydroxylation sites is 1. The number of nitro benzene ring substituents is 1. The quantitative estimate of drug-likeness (QED) is 0.427. The molecular weight excluding hydrogens is 361 g/mol. The molecule has 0 atom stereocenters. The van der Waals surface area contributed by atoms with Gasteiger partial charge in [-0.1, -0.05) is 23.7 Å². The van der Waals surface area contributed by atoms with Crippen LogP contribution >= 0.6 is 11.6 Å². The molecule has 0 spiro atoms. The Morgan fingerprint density at radius 3 is 2.27 bits per heavy atom. The number of hydrogen-bond acceptors (Lipinski definition) is 2. The van der Waals surface area contributed by atoms with E-state index in [2.05, 4.69) is 0 Å². The average molecular weight is 367 g/mol. The monoisotopic (exact) mass is 367 g/mol. The van der Waals surface area contributed by atoms with E-state index >= 15 is 0 Å². The van der Waals surface area contributed by atoms with Gasteiger partial charge in [0.25, 0.3) is 5.69 Å². The van der Waals surface area contributed by atoms with E-state index in [1.165, 1.54) is 12.1 Å². The third-order valence-corrected chi connectivity index (χ3v) is 1.37. The number of rotatable bonds is 1. The molecule has 0 bridgehead atoms. The Kier molecular flexibility index (Phi) is 4.59. The second-order valence-corrected chi connectivity index (χ2v) is 2.12. The molecule has 0 fully saturated rings. The van der Waals surface area contributed by atoms with Gasteiger partial charge in [0.1, 0.15) is 5.02 Å². The molecular formula is C6H6ClNO2Pb. The van der Waals surface area contributed by atoms with Crippen molar-refractivity contribution < 1.29 is 4.92 Å². The summed E-state index contributed by atoms with van der Waals surface area (Å²) in [6.07, 6.45) is 0. The second-order valence-electron chi connectivity index (χ2n) is 1.71. The van der Waals surface area contributed by atoms with E-state index in [1.54, 1.807) is 12.1 Å². The van der Waals surface area contributed by atoms with Crippen molar-refractivity contribution in [2.24, 2.45) is 0 Å². The summed E-state index contributed by atoms with van der Waals surface area (Å²) >= 11 is 5.48. The van der Waals surface area contributed by atoms with Crippen molar-refractivity contribution in [1.29, 1.82) is 0 Å². The van der Waals surface area contributed by atoms with E-state index < -0.39 is 4.92 Å². The normalized spacial score (nSPS) is 8.45. The van der Waals surface area contributed by atoms with Crippen molar-refractivity contribution in [1.82, 2.24) is 0 Å². The first-order valence-corrected chi connectivity index (χ1v) is 2.98. The number of halogens is 1. The van der Waals surface area contributed by atoms with E-state index in [9.17, 15) is 10.1 Å². The third-order valence-electron chi connectivity index (χ3n) is 1.05. The van der Waals surface area contributed by atoms with Crippen molar-refractivity contribution in [3.63, 3.8) is 0 Å². The van der Waals surface area contributed by atoms with Crippen molar-refractivity contribution >= 4 is 44.6 Å². The summed E-state index contributed by atoms with van der Waals surface area (Å²) in [5.74, 6) is 0. The van der Waals surface area contributed by atoms with E-state index in [0.717, 1.165) is 0 Å². The molecule has 0 amide bonds. The molecule has 1 aromatic carbocycles. The molecule has 0 saturated carbocycles. The number of benzene rings is 1. The van der Waals surface area contributed by atoms with Gasteiger partial charge < -0.3 is 0 Å². The molecule has 0 heterocycles. The van der Waals surface area contributed by atoms with Crippen LogP contribution in [0.5, 0.6) is 0 Å². The van der Waals surface area contributed by atoms with Crippen molar-refractivity contribution in [2.75, 3.05) is 0 Å². The number of hydrogen-bond donors (Lipinski definition) is 0. The third kappa shape index (κ3) is 2.74. The summed E-state index contributed by atoms with van der Waals surface area (Å²) in [4.78, 5) is 9.63. The van der Waals surface area contributed by atoms with Crippen molar-refractivity contribution in [3.05, 3.63) is 39.4 Å². The van der Waals surface area contributed by atoms with Gasteiger partial charge in [0.2, 0.25) is 0 Å². The maximum absolute atomic E-state index is 10.1. The number of nitro groups is 1. The Balaban J connectivity index is 0.000001000. The summed E-state index contributed by atoms with van der Waals surface area (Å²) < 4.78 is 0. The first-order valence-electron chi connectivity index (χ1n) is 2.61. The fraction of sp³-hybridized carbons (Fsp3) is 0. The molecule has 3 nitrogen and oxygen atoms in total. The summed E-state index contributed by atoms with van der Waals surface area (Å²) in [5.41, 5.74) is -0.0517. The summed E-state index contributed by atoms with van der Waals surface area (Å²) in [5, 5.41) is 10.3. The molecule has 1 aromatic rings. The van der Waals surface area contributed by atoms with Crippen LogP contribution in [-0.4, -0.2) is 32.2 Å². The molecule has 0 saturated heterocycles. The predicted molar refractivity (Wildman–Crippen MR) is 46.7 cm³/mol. The van der Waals surface area contributed by atoms with Crippen LogP contribution in [0.4, 0.5) is 5.69 Å². The van der Waals surface area contributed by atoms with Crippen LogP contribution in [0.3, 0.4) is 0 Å². The summed E-state index contributed by atoms with van der Waals surface area (Å²) in [6.45, 7) is 0. The molecule has 0 aliphatic rings. The number of nitrogens with zero attached hydrogens (tertiary/aromatic N) is 1. The Morgan fingerprint density at radius 2 is 1.91 bits per heavy atom. The Hall–Kier alpha value is -0.168. The molecule has 0 aliphatic heterocycles. The average Bonchev–Trinajstić information content (AvgIpc) is 1.88. The molecule has 58 valence electrons. The zero-order valence-electron chi connectivity index (χ0n) is 5.66. The van der Waals surface area contributed by atoms with Crippen LogP contribution in [0.2, 0.25) is 5.02 Å². The molecule has 2 radical (unpaired) electrons. The van der Waals surface area contributed by atoms with Gasteiger partial charge in [0, 0.05) is 6.07 Å². The van der Waals surface area contributed by atoms with Crippen molar-refractivity contribution in [2.45, 2.75) is 0 Å². The van der Waals surface area contributed by atoms with Gasteiger partial charge >= 0.3 is 27.3 Å². The minimum atomic E-state index is -0.512. The molecule has 0 aromatic heterocycles. The minimum absolute atomic E-state index is 0. The van der Waals surface area contributed by atoms with Gasteiger partial charge in [0.05, 0.1) is 4.92 Å². The van der Waals surface area contributed by atoms with E-state index in [1.807, 2.05) is 0 Å². The SMILES string of the molecule is O=[N+]([O-])c1ccccc1Cl.[PbH2]. The van der Waals surface area contributed by atoms with Crippen LogP contribution in [0.15, 0.2) is 24.3 Å². The standard InChI is InChI=1S/C6H4ClNO2.Pb.2H/c7-5-3-1-2-4-6(5)8(9)10;;;/h1-4H;;;. The van der Waals surface area contributed by atoms with Crippen LogP contribution < -0.4 is 0 Å². The van der Waals surface area contributed by atoms with Crippen LogP contribution in [0.1, 0.15) is 0 Å². The Morgan fingerprint density at radius 1 is 1.36 bits per heavy atom. The van der Waals surface area contributed by atoms with Gasteiger partial charge in [-0.2, -0.15) is 0 Å². The van der Waals surface area contributed by atoms with Gasteiger partial charge in [-0.3, -0.25) is 10.1 Å². The molecule has 1 rings (SSSR count). The topological polar surface area (TPSA) is 43.1 Å². The zero-order chi connectivity index (χ0) is 7.56. The molecule has 5 heteroatoms. The summed E-state index contributed by atoms with van der Waals surface area (Å²) in [6, 6.07) is 6.07. The maximum atomic E-state index is 10.1. The predicted octanol–water partition coefficient (Wildman–Crippen LogP) is 1.33. The van der Waals surface area contributed by atoms with Crippen molar-refractivity contribution in [3.8, 4) is 0 Å². The molecule has 0 unspecified atom stereocenters. The van der Waals surface area contributed by atoms with E-state index in [-0.39, 0.29) is 38.0 Å². The van der Waals surface area contributed by atoms with Crippen LogP contribution in [0, 0.1) is 10.1 Å². The summed E-state index contributed by atoms with van der Waals surface area (Å²) in [7, 11) is 0. The molecule has 0 N–H and O–H groups in total. The van der Waals surface area contributed by atoms with Gasteiger partial charge in [-0.25, -0.2) is 0 Å². The van der Waals surface area contributed by atoms with Gasteiger partial charge in [0.15, 0.2) is 0 Å².